The van der Waals surface area contributed by atoms with Gasteiger partial charge in [0.1, 0.15) is 41.0 Å². The molecular weight excluding hydrogens is 585 g/mol. The third-order valence-corrected chi connectivity index (χ3v) is 8.40. The average Bonchev–Trinajstić information content (AvgIpc) is 3.43. The number of hydrogen-bond acceptors (Lipinski definition) is 8. The first-order valence-corrected chi connectivity index (χ1v) is 14.7. The van der Waals surface area contributed by atoms with Gasteiger partial charge < -0.3 is 20.3 Å². The minimum absolute atomic E-state index is 0.0447. The van der Waals surface area contributed by atoms with Crippen molar-refractivity contribution in [2.45, 2.75) is 31.7 Å². The first-order chi connectivity index (χ1) is 21.7. The van der Waals surface area contributed by atoms with Crippen LogP contribution in [0.2, 0.25) is 0 Å². The lowest BCUT2D eigenvalue weighted by atomic mass is 9.94. The number of hydrogen-bond donors (Lipinski definition) is 1. The minimum atomic E-state index is -1.18. The molecule has 2 saturated heterocycles. The molecule has 0 bridgehead atoms. The zero-order chi connectivity index (χ0) is 31.7. The number of amides is 1. The minimum Gasteiger partial charge on any atom is -0.454 e. The second-order valence-corrected chi connectivity index (χ2v) is 11.4. The van der Waals surface area contributed by atoms with Gasteiger partial charge in [-0.3, -0.25) is 4.79 Å². The summed E-state index contributed by atoms with van der Waals surface area (Å²) in [5.41, 5.74) is 7.02. The Morgan fingerprint density at radius 3 is 2.64 bits per heavy atom. The summed E-state index contributed by atoms with van der Waals surface area (Å²) in [7, 11) is 2.06. The van der Waals surface area contributed by atoms with E-state index in [-0.39, 0.29) is 58.6 Å². The van der Waals surface area contributed by atoms with Gasteiger partial charge in [-0.05, 0) is 76.0 Å². The standard InChI is InChI=1S/C32H31F3N8O2/c1-41-12-9-19(10-13-41)14-20(16-36)32(44)42-11-3-4-21(17-42)43-31-27(30(37)38-18-39-31)29(40-43)23-8-7-22(15-25(23)34)45-26-6-2-5-24(33)28(26)35/h2,5-8,14-15,18-19,21H,3-4,9-13,17H2,1H3,(H2,37,38,39)/b20-14+/t21-/m1/s1. The lowest BCUT2D eigenvalue weighted by molar-refractivity contribution is -0.128. The molecule has 1 amide bonds. The summed E-state index contributed by atoms with van der Waals surface area (Å²) in [5, 5.41) is 14.9. The van der Waals surface area contributed by atoms with Crippen LogP contribution in [0.25, 0.3) is 22.3 Å². The number of piperidine rings is 2. The molecule has 0 radical (unpaired) electrons. The maximum absolute atomic E-state index is 15.6. The van der Waals surface area contributed by atoms with Crippen LogP contribution >= 0.6 is 0 Å². The fourth-order valence-electron chi connectivity index (χ4n) is 5.98. The number of carbonyl (C=O) groups is 1. The highest BCUT2D eigenvalue weighted by Crippen LogP contribution is 2.37. The van der Waals surface area contributed by atoms with Crippen LogP contribution in [-0.2, 0) is 4.79 Å². The van der Waals surface area contributed by atoms with E-state index in [1.807, 2.05) is 6.08 Å². The summed E-state index contributed by atoms with van der Waals surface area (Å²) in [6, 6.07) is 9.13. The molecule has 232 valence electrons. The van der Waals surface area contributed by atoms with Crippen molar-refractivity contribution in [3.05, 3.63) is 71.8 Å². The Morgan fingerprint density at radius 2 is 1.89 bits per heavy atom. The van der Waals surface area contributed by atoms with Crippen LogP contribution in [-0.4, -0.2) is 68.7 Å². The zero-order valence-corrected chi connectivity index (χ0v) is 24.6. The monoisotopic (exact) mass is 616 g/mol. The number of fused-ring (bicyclic) bond motifs is 1. The van der Waals surface area contributed by atoms with Gasteiger partial charge in [-0.25, -0.2) is 23.4 Å². The molecule has 13 heteroatoms. The molecule has 0 spiro atoms. The molecule has 4 heterocycles. The molecule has 2 fully saturated rings. The Hall–Kier alpha value is -4.96. The molecule has 2 N–H and O–H groups in total. The largest absolute Gasteiger partial charge is 0.454 e. The average molecular weight is 617 g/mol. The van der Waals surface area contributed by atoms with Crippen molar-refractivity contribution in [3.63, 3.8) is 0 Å². The van der Waals surface area contributed by atoms with E-state index in [4.69, 9.17) is 15.6 Å². The number of anilines is 1. The number of nitrogen functional groups attached to an aromatic ring is 1. The Kier molecular flexibility index (Phi) is 8.40. The van der Waals surface area contributed by atoms with Crippen LogP contribution in [0.3, 0.4) is 0 Å². The van der Waals surface area contributed by atoms with E-state index in [1.54, 1.807) is 9.58 Å². The number of ether oxygens (including phenoxy) is 1. The third-order valence-electron chi connectivity index (χ3n) is 8.40. The van der Waals surface area contributed by atoms with Crippen molar-refractivity contribution in [1.29, 1.82) is 5.26 Å². The van der Waals surface area contributed by atoms with Gasteiger partial charge >= 0.3 is 0 Å². The number of nitrogens with two attached hydrogens (primary N) is 1. The van der Waals surface area contributed by atoms with Crippen LogP contribution in [0, 0.1) is 34.7 Å². The molecule has 1 atom stereocenters. The molecule has 0 aliphatic carbocycles. The summed E-state index contributed by atoms with van der Waals surface area (Å²) in [5.74, 6) is -3.48. The van der Waals surface area contributed by atoms with Crippen molar-refractivity contribution >= 4 is 22.8 Å². The molecular formula is C32H31F3N8O2. The second kappa shape index (κ2) is 12.6. The topological polar surface area (TPSA) is 126 Å². The van der Waals surface area contributed by atoms with E-state index in [1.165, 1.54) is 30.6 Å². The van der Waals surface area contributed by atoms with Crippen LogP contribution in [0.5, 0.6) is 11.5 Å². The van der Waals surface area contributed by atoms with Crippen molar-refractivity contribution in [2.24, 2.45) is 5.92 Å². The smallest absolute Gasteiger partial charge is 0.264 e. The zero-order valence-electron chi connectivity index (χ0n) is 24.6. The maximum atomic E-state index is 15.6. The molecule has 2 aromatic heterocycles. The second-order valence-electron chi connectivity index (χ2n) is 11.4. The van der Waals surface area contributed by atoms with Gasteiger partial charge in [0.2, 0.25) is 5.82 Å². The number of allylic oxidation sites excluding steroid dienone is 1. The molecule has 4 aromatic rings. The van der Waals surface area contributed by atoms with Gasteiger partial charge in [0.15, 0.2) is 17.2 Å². The number of aromatic nitrogens is 4. The van der Waals surface area contributed by atoms with Gasteiger partial charge in [0.25, 0.3) is 5.91 Å². The number of rotatable bonds is 6. The van der Waals surface area contributed by atoms with Gasteiger partial charge in [-0.1, -0.05) is 12.1 Å². The Balaban J connectivity index is 1.28. The highest BCUT2D eigenvalue weighted by Gasteiger charge is 2.31. The molecule has 45 heavy (non-hydrogen) atoms. The highest BCUT2D eigenvalue weighted by molar-refractivity contribution is 5.99. The fraction of sp³-hybridized carbons (Fsp3) is 0.344. The lowest BCUT2D eigenvalue weighted by Crippen LogP contribution is -2.41. The Bertz CT molecular complexity index is 1830. The third kappa shape index (κ3) is 6.06. The predicted octanol–water partition coefficient (Wildman–Crippen LogP) is 5.24. The van der Waals surface area contributed by atoms with Gasteiger partial charge in [0, 0.05) is 24.7 Å². The van der Waals surface area contributed by atoms with Crippen molar-refractivity contribution < 1.29 is 22.7 Å². The molecule has 2 aromatic carbocycles. The number of halogens is 3. The van der Waals surface area contributed by atoms with Gasteiger partial charge in [-0.15, -0.1) is 0 Å². The van der Waals surface area contributed by atoms with Crippen molar-refractivity contribution in [1.82, 2.24) is 29.5 Å². The number of carbonyl (C=O) groups excluding carboxylic acids is 1. The number of likely N-dealkylation sites (tertiary alicyclic amines) is 2. The predicted molar refractivity (Wildman–Crippen MR) is 160 cm³/mol. The van der Waals surface area contributed by atoms with Crippen LogP contribution < -0.4 is 10.5 Å². The summed E-state index contributed by atoms with van der Waals surface area (Å²) < 4.78 is 50.3. The SMILES string of the molecule is CN1CCC(/C=C(\C#N)C(=O)N2CCC[C@@H](n3nc(-c4ccc(Oc5cccc(F)c5F)cc4F)c4c(N)ncnc43)C2)CC1. The van der Waals surface area contributed by atoms with E-state index in [9.17, 15) is 18.8 Å². The van der Waals surface area contributed by atoms with E-state index < -0.39 is 17.5 Å². The van der Waals surface area contributed by atoms with Crippen molar-refractivity contribution in [2.75, 3.05) is 39.0 Å². The van der Waals surface area contributed by atoms with Gasteiger partial charge in [0.05, 0.1) is 11.4 Å². The number of nitriles is 1. The molecule has 2 aliphatic heterocycles. The maximum Gasteiger partial charge on any atom is 0.264 e. The first kappa shape index (κ1) is 30.1. The summed E-state index contributed by atoms with van der Waals surface area (Å²) in [6.07, 6.45) is 6.23. The van der Waals surface area contributed by atoms with Gasteiger partial charge in [-0.2, -0.15) is 14.8 Å². The van der Waals surface area contributed by atoms with E-state index in [2.05, 4.69) is 28.0 Å². The number of benzene rings is 2. The van der Waals surface area contributed by atoms with Crippen molar-refractivity contribution in [3.8, 4) is 28.8 Å². The normalized spacial score (nSPS) is 18.2. The molecule has 10 nitrogen and oxygen atoms in total. The Labute approximate surface area is 257 Å². The highest BCUT2D eigenvalue weighted by atomic mass is 19.2. The van der Waals surface area contributed by atoms with Crippen LogP contribution in [0.4, 0.5) is 19.0 Å². The summed E-state index contributed by atoms with van der Waals surface area (Å²) in [6.45, 7) is 2.61. The molecule has 6 rings (SSSR count). The van der Waals surface area contributed by atoms with Crippen LogP contribution in [0.15, 0.2) is 54.4 Å². The molecule has 2 aliphatic rings. The summed E-state index contributed by atoms with van der Waals surface area (Å²) in [4.78, 5) is 25.9. The van der Waals surface area contributed by atoms with E-state index in [0.29, 0.717) is 30.4 Å². The first-order valence-electron chi connectivity index (χ1n) is 14.7. The molecule has 0 unspecified atom stereocenters. The number of nitrogens with zero attached hydrogens (tertiary/aromatic N) is 7. The molecule has 0 saturated carbocycles. The Morgan fingerprint density at radius 1 is 1.09 bits per heavy atom. The fourth-order valence-corrected chi connectivity index (χ4v) is 5.98. The quantitative estimate of drug-likeness (QED) is 0.230. The van der Waals surface area contributed by atoms with E-state index >= 15 is 4.39 Å². The van der Waals surface area contributed by atoms with E-state index in [0.717, 1.165) is 38.1 Å². The lowest BCUT2D eigenvalue weighted by Gasteiger charge is -2.33. The summed E-state index contributed by atoms with van der Waals surface area (Å²) >= 11 is 0. The van der Waals surface area contributed by atoms with Crippen LogP contribution in [0.1, 0.15) is 31.7 Å².